The number of quaternary nitrogens is 1. The van der Waals surface area contributed by atoms with Gasteiger partial charge in [0.15, 0.2) is 0 Å². The summed E-state index contributed by atoms with van der Waals surface area (Å²) < 4.78 is 11.3. The molecule has 1 aliphatic heterocycles. The molecule has 0 unspecified atom stereocenters. The number of rotatable bonds is 8. The Kier molecular flexibility index (Phi) is 7.04. The molecule has 3 heteroatoms. The van der Waals surface area contributed by atoms with E-state index in [1.54, 1.807) is 4.90 Å². The van der Waals surface area contributed by atoms with Crippen molar-refractivity contribution in [3.05, 3.63) is 29.3 Å². The SMILES string of the molecule is Cc1cccc(C)c1OCCCCCC[NH+]1CCOCC1. The molecule has 1 fully saturated rings. The lowest BCUT2D eigenvalue weighted by molar-refractivity contribution is -0.908. The third-order valence-electron chi connectivity index (χ3n) is 4.28. The van der Waals surface area contributed by atoms with Crippen molar-refractivity contribution >= 4 is 0 Å². The number of nitrogens with one attached hydrogen (secondary N) is 1. The number of aryl methyl sites for hydroxylation is 2. The zero-order valence-corrected chi connectivity index (χ0v) is 13.6. The molecule has 1 aromatic rings. The fourth-order valence-electron chi connectivity index (χ4n) is 2.94. The lowest BCUT2D eigenvalue weighted by Gasteiger charge is -2.23. The Morgan fingerprint density at radius 2 is 1.67 bits per heavy atom. The summed E-state index contributed by atoms with van der Waals surface area (Å²) in [5, 5.41) is 0. The number of morpholine rings is 1. The van der Waals surface area contributed by atoms with E-state index in [1.807, 2.05) is 0 Å². The fourth-order valence-corrected chi connectivity index (χ4v) is 2.94. The van der Waals surface area contributed by atoms with Gasteiger partial charge < -0.3 is 14.4 Å². The molecule has 2 rings (SSSR count). The minimum atomic E-state index is 0.843. The average Bonchev–Trinajstić information content (AvgIpc) is 2.50. The Hall–Kier alpha value is -1.06. The van der Waals surface area contributed by atoms with Gasteiger partial charge in [0.2, 0.25) is 0 Å². The summed E-state index contributed by atoms with van der Waals surface area (Å²) in [6.45, 7) is 10.7. The first-order valence-corrected chi connectivity index (χ1v) is 8.37. The molecule has 0 bridgehead atoms. The highest BCUT2D eigenvalue weighted by Crippen LogP contribution is 2.22. The maximum absolute atomic E-state index is 5.94. The zero-order valence-electron chi connectivity index (χ0n) is 13.6. The summed E-state index contributed by atoms with van der Waals surface area (Å²) in [7, 11) is 0. The third kappa shape index (κ3) is 5.68. The van der Waals surface area contributed by atoms with Crippen molar-refractivity contribution in [1.29, 1.82) is 0 Å². The van der Waals surface area contributed by atoms with Gasteiger partial charge in [-0.25, -0.2) is 0 Å². The number of benzene rings is 1. The molecule has 0 aromatic heterocycles. The van der Waals surface area contributed by atoms with E-state index >= 15 is 0 Å². The van der Waals surface area contributed by atoms with Gasteiger partial charge in [0.1, 0.15) is 18.8 Å². The van der Waals surface area contributed by atoms with Crippen molar-refractivity contribution in [2.24, 2.45) is 0 Å². The van der Waals surface area contributed by atoms with Crippen LogP contribution in [0.4, 0.5) is 0 Å². The summed E-state index contributed by atoms with van der Waals surface area (Å²) in [5.74, 6) is 1.08. The van der Waals surface area contributed by atoms with Crippen LogP contribution in [0.25, 0.3) is 0 Å². The second kappa shape index (κ2) is 9.06. The van der Waals surface area contributed by atoms with E-state index in [2.05, 4.69) is 32.0 Å². The van der Waals surface area contributed by atoms with E-state index in [1.165, 1.54) is 50.0 Å². The van der Waals surface area contributed by atoms with E-state index in [0.717, 1.165) is 32.0 Å². The summed E-state index contributed by atoms with van der Waals surface area (Å²) >= 11 is 0. The van der Waals surface area contributed by atoms with Gasteiger partial charge in [0.25, 0.3) is 0 Å². The van der Waals surface area contributed by atoms with Crippen LogP contribution in [0.15, 0.2) is 18.2 Å². The molecular formula is C18H30NO2+. The Morgan fingerprint density at radius 3 is 2.38 bits per heavy atom. The lowest BCUT2D eigenvalue weighted by atomic mass is 10.1. The van der Waals surface area contributed by atoms with E-state index in [0.29, 0.717) is 0 Å². The van der Waals surface area contributed by atoms with Crippen molar-refractivity contribution in [2.75, 3.05) is 39.5 Å². The molecule has 1 N–H and O–H groups in total. The van der Waals surface area contributed by atoms with Crippen LogP contribution in [0.2, 0.25) is 0 Å². The average molecular weight is 292 g/mol. The van der Waals surface area contributed by atoms with Gasteiger partial charge in [0, 0.05) is 0 Å². The molecule has 0 aliphatic carbocycles. The molecule has 0 saturated carbocycles. The predicted octanol–water partition coefficient (Wildman–Crippen LogP) is 2.16. The van der Waals surface area contributed by atoms with Crippen molar-refractivity contribution < 1.29 is 14.4 Å². The molecule has 0 radical (unpaired) electrons. The summed E-state index contributed by atoms with van der Waals surface area (Å²) in [5.41, 5.74) is 2.48. The monoisotopic (exact) mass is 292 g/mol. The molecular weight excluding hydrogens is 262 g/mol. The number of ether oxygens (including phenoxy) is 2. The maximum Gasteiger partial charge on any atom is 0.125 e. The highest BCUT2D eigenvalue weighted by molar-refractivity contribution is 5.39. The van der Waals surface area contributed by atoms with Gasteiger partial charge in [-0.2, -0.15) is 0 Å². The van der Waals surface area contributed by atoms with Crippen LogP contribution in [-0.4, -0.2) is 39.5 Å². The lowest BCUT2D eigenvalue weighted by Crippen LogP contribution is -3.14. The quantitative estimate of drug-likeness (QED) is 0.742. The molecule has 0 spiro atoms. The Labute approximate surface area is 129 Å². The Bertz CT molecular complexity index is 393. The Morgan fingerprint density at radius 1 is 1.00 bits per heavy atom. The summed E-state index contributed by atoms with van der Waals surface area (Å²) in [6.07, 6.45) is 5.08. The molecule has 0 atom stereocenters. The predicted molar refractivity (Wildman–Crippen MR) is 86.3 cm³/mol. The van der Waals surface area contributed by atoms with Crippen molar-refractivity contribution in [3.8, 4) is 5.75 Å². The molecule has 21 heavy (non-hydrogen) atoms. The van der Waals surface area contributed by atoms with Crippen LogP contribution in [-0.2, 0) is 4.74 Å². The standard InChI is InChI=1S/C18H29NO2/c1-16-8-7-9-17(2)18(16)21-13-6-4-3-5-10-19-11-14-20-15-12-19/h7-9H,3-6,10-15H2,1-2H3/p+1. The first-order valence-electron chi connectivity index (χ1n) is 8.37. The van der Waals surface area contributed by atoms with Crippen LogP contribution >= 0.6 is 0 Å². The number of hydrogen-bond acceptors (Lipinski definition) is 2. The maximum atomic E-state index is 5.94. The number of unbranched alkanes of at least 4 members (excludes halogenated alkanes) is 3. The second-order valence-electron chi connectivity index (χ2n) is 6.10. The molecule has 118 valence electrons. The van der Waals surface area contributed by atoms with E-state index in [4.69, 9.17) is 9.47 Å². The number of para-hydroxylation sites is 1. The molecule has 1 aromatic carbocycles. The van der Waals surface area contributed by atoms with Crippen molar-refractivity contribution in [2.45, 2.75) is 39.5 Å². The smallest absolute Gasteiger partial charge is 0.125 e. The molecule has 0 amide bonds. The Balaban J connectivity index is 1.52. The van der Waals surface area contributed by atoms with Gasteiger partial charge in [-0.3, -0.25) is 0 Å². The van der Waals surface area contributed by atoms with Crippen molar-refractivity contribution in [3.63, 3.8) is 0 Å². The molecule has 1 aliphatic rings. The highest BCUT2D eigenvalue weighted by atomic mass is 16.5. The van der Waals surface area contributed by atoms with Gasteiger partial charge in [-0.15, -0.1) is 0 Å². The number of hydrogen-bond donors (Lipinski definition) is 1. The minimum absolute atomic E-state index is 0.843. The van der Waals surface area contributed by atoms with Gasteiger partial charge in [-0.1, -0.05) is 18.2 Å². The first kappa shape index (κ1) is 16.3. The van der Waals surface area contributed by atoms with Gasteiger partial charge in [0.05, 0.1) is 26.4 Å². The molecule has 3 nitrogen and oxygen atoms in total. The summed E-state index contributed by atoms with van der Waals surface area (Å²) in [4.78, 5) is 1.72. The van der Waals surface area contributed by atoms with Crippen molar-refractivity contribution in [1.82, 2.24) is 0 Å². The van der Waals surface area contributed by atoms with Crippen LogP contribution in [0.3, 0.4) is 0 Å². The van der Waals surface area contributed by atoms with Crippen LogP contribution < -0.4 is 9.64 Å². The minimum Gasteiger partial charge on any atom is -0.493 e. The van der Waals surface area contributed by atoms with Crippen LogP contribution in [0.5, 0.6) is 5.75 Å². The molecule has 1 saturated heterocycles. The fraction of sp³-hybridized carbons (Fsp3) is 0.667. The normalized spacial score (nSPS) is 16.1. The van der Waals surface area contributed by atoms with Crippen LogP contribution in [0, 0.1) is 13.8 Å². The van der Waals surface area contributed by atoms with Gasteiger partial charge >= 0.3 is 0 Å². The largest absolute Gasteiger partial charge is 0.493 e. The topological polar surface area (TPSA) is 22.9 Å². The molecule has 1 heterocycles. The van der Waals surface area contributed by atoms with Crippen LogP contribution in [0.1, 0.15) is 36.8 Å². The van der Waals surface area contributed by atoms with E-state index < -0.39 is 0 Å². The second-order valence-corrected chi connectivity index (χ2v) is 6.10. The summed E-state index contributed by atoms with van der Waals surface area (Å²) in [6, 6.07) is 6.33. The van der Waals surface area contributed by atoms with E-state index in [9.17, 15) is 0 Å². The highest BCUT2D eigenvalue weighted by Gasteiger charge is 2.12. The van der Waals surface area contributed by atoms with E-state index in [-0.39, 0.29) is 0 Å². The zero-order chi connectivity index (χ0) is 14.9. The van der Waals surface area contributed by atoms with Gasteiger partial charge in [-0.05, 0) is 50.7 Å². The first-order chi connectivity index (χ1) is 10.3. The third-order valence-corrected chi connectivity index (χ3v) is 4.28.